The molecule has 0 aliphatic carbocycles. The van der Waals surface area contributed by atoms with Crippen LogP contribution < -0.4 is 10.6 Å². The lowest BCUT2D eigenvalue weighted by molar-refractivity contribution is -0.120. The number of carbonyl (C=O) groups is 1. The smallest absolute Gasteiger partial charge is 0.221 e. The van der Waals surface area contributed by atoms with E-state index in [9.17, 15) is 4.79 Å². The second-order valence-electron chi connectivity index (χ2n) is 3.48. The van der Waals surface area contributed by atoms with Crippen LogP contribution in [0.25, 0.3) is 10.2 Å². The summed E-state index contributed by atoms with van der Waals surface area (Å²) in [6.07, 6.45) is 0.438. The molecule has 0 spiro atoms. The highest BCUT2D eigenvalue weighted by Gasteiger charge is 2.04. The number of carbonyl (C=O) groups excluding carboxylic acids is 1. The monoisotopic (exact) mass is 269 g/mol. The largest absolute Gasteiger partial charge is 0.361 e. The van der Waals surface area contributed by atoms with Gasteiger partial charge in [0.05, 0.1) is 10.2 Å². The van der Waals surface area contributed by atoms with Gasteiger partial charge in [0.15, 0.2) is 5.13 Å². The fourth-order valence-corrected chi connectivity index (χ4v) is 2.55. The van der Waals surface area contributed by atoms with Crippen LogP contribution in [0.15, 0.2) is 18.2 Å². The van der Waals surface area contributed by atoms with E-state index in [1.54, 1.807) is 7.05 Å². The number of rotatable bonds is 4. The van der Waals surface area contributed by atoms with Gasteiger partial charge in [-0.25, -0.2) is 4.98 Å². The van der Waals surface area contributed by atoms with Crippen LogP contribution in [0.4, 0.5) is 5.13 Å². The van der Waals surface area contributed by atoms with Crippen LogP contribution in [0.1, 0.15) is 6.42 Å². The number of benzene rings is 1. The lowest BCUT2D eigenvalue weighted by Gasteiger charge is -2.00. The highest BCUT2D eigenvalue weighted by molar-refractivity contribution is 7.22. The summed E-state index contributed by atoms with van der Waals surface area (Å²) in [6.45, 7) is 0.577. The van der Waals surface area contributed by atoms with Crippen LogP contribution in [0.5, 0.6) is 0 Å². The number of nitrogens with zero attached hydrogens (tertiary/aromatic N) is 1. The predicted molar refractivity (Wildman–Crippen MR) is 71.8 cm³/mol. The Labute approximate surface area is 108 Å². The number of hydrogen-bond donors (Lipinski definition) is 2. The number of amides is 1. The van der Waals surface area contributed by atoms with E-state index in [0.717, 1.165) is 15.3 Å². The molecule has 2 rings (SSSR count). The van der Waals surface area contributed by atoms with Gasteiger partial charge in [-0.2, -0.15) is 0 Å². The van der Waals surface area contributed by atoms with Gasteiger partial charge in [-0.15, -0.1) is 0 Å². The Morgan fingerprint density at radius 3 is 3.12 bits per heavy atom. The van der Waals surface area contributed by atoms with Gasteiger partial charge in [0.2, 0.25) is 5.91 Å². The van der Waals surface area contributed by atoms with Gasteiger partial charge in [0, 0.05) is 25.0 Å². The molecule has 0 saturated heterocycles. The van der Waals surface area contributed by atoms with Crippen molar-refractivity contribution in [3.8, 4) is 0 Å². The van der Waals surface area contributed by atoms with Gasteiger partial charge >= 0.3 is 0 Å². The lowest BCUT2D eigenvalue weighted by atomic mass is 10.3. The zero-order valence-corrected chi connectivity index (χ0v) is 10.9. The molecule has 0 radical (unpaired) electrons. The van der Waals surface area contributed by atoms with Crippen molar-refractivity contribution in [3.63, 3.8) is 0 Å². The molecule has 0 aliphatic rings. The third-order valence-electron chi connectivity index (χ3n) is 2.26. The topological polar surface area (TPSA) is 54.0 Å². The number of aromatic nitrogens is 1. The number of thiazole rings is 1. The number of hydrogen-bond acceptors (Lipinski definition) is 4. The maximum absolute atomic E-state index is 11.0. The second-order valence-corrected chi connectivity index (χ2v) is 4.95. The summed E-state index contributed by atoms with van der Waals surface area (Å²) in [5, 5.41) is 7.21. The summed E-state index contributed by atoms with van der Waals surface area (Å²) in [4.78, 5) is 15.4. The van der Waals surface area contributed by atoms with E-state index in [4.69, 9.17) is 11.6 Å². The molecule has 90 valence electrons. The number of fused-ring (bicyclic) bond motifs is 1. The Morgan fingerprint density at radius 2 is 2.35 bits per heavy atom. The molecule has 0 saturated carbocycles. The predicted octanol–water partition coefficient (Wildman–Crippen LogP) is 2.50. The summed E-state index contributed by atoms with van der Waals surface area (Å²) in [5.41, 5.74) is 0.918. The van der Waals surface area contributed by atoms with Crippen molar-refractivity contribution in [3.05, 3.63) is 23.2 Å². The summed E-state index contributed by atoms with van der Waals surface area (Å²) < 4.78 is 1.04. The molecule has 1 aromatic carbocycles. The molecule has 1 aromatic heterocycles. The normalized spacial score (nSPS) is 10.5. The Kier molecular flexibility index (Phi) is 3.81. The van der Waals surface area contributed by atoms with E-state index in [1.807, 2.05) is 18.2 Å². The molecule has 0 aliphatic heterocycles. The minimum Gasteiger partial charge on any atom is -0.361 e. The molecule has 0 atom stereocenters. The van der Waals surface area contributed by atoms with Crippen molar-refractivity contribution < 1.29 is 4.79 Å². The summed E-state index contributed by atoms with van der Waals surface area (Å²) in [5.74, 6) is 0.0154. The van der Waals surface area contributed by atoms with Crippen molar-refractivity contribution in [2.45, 2.75) is 6.42 Å². The van der Waals surface area contributed by atoms with Crippen LogP contribution in [-0.4, -0.2) is 24.5 Å². The van der Waals surface area contributed by atoms with Crippen LogP contribution in [0.3, 0.4) is 0 Å². The van der Waals surface area contributed by atoms with Gasteiger partial charge in [0.1, 0.15) is 0 Å². The first-order valence-corrected chi connectivity index (χ1v) is 6.39. The maximum Gasteiger partial charge on any atom is 0.221 e. The van der Waals surface area contributed by atoms with Crippen molar-refractivity contribution in [2.75, 3.05) is 18.9 Å². The van der Waals surface area contributed by atoms with Crippen molar-refractivity contribution in [1.82, 2.24) is 10.3 Å². The fourth-order valence-electron chi connectivity index (χ4n) is 1.38. The third kappa shape index (κ3) is 3.08. The van der Waals surface area contributed by atoms with Gasteiger partial charge < -0.3 is 10.6 Å². The van der Waals surface area contributed by atoms with E-state index >= 15 is 0 Å². The zero-order valence-electron chi connectivity index (χ0n) is 9.29. The minimum atomic E-state index is 0.0154. The molecule has 0 unspecified atom stereocenters. The SMILES string of the molecule is CNC(=O)CCNc1nc2ccc(Cl)cc2s1. The molecule has 2 aromatic rings. The fraction of sp³-hybridized carbons (Fsp3) is 0.273. The standard InChI is InChI=1S/C11H12ClN3OS/c1-13-10(16)4-5-14-11-15-8-3-2-7(12)6-9(8)17-11/h2-3,6H,4-5H2,1H3,(H,13,16)(H,14,15). The van der Waals surface area contributed by atoms with Crippen molar-refractivity contribution in [1.29, 1.82) is 0 Å². The summed E-state index contributed by atoms with van der Waals surface area (Å²) in [6, 6.07) is 5.59. The van der Waals surface area contributed by atoms with Crippen LogP contribution in [-0.2, 0) is 4.79 Å². The van der Waals surface area contributed by atoms with Crippen molar-refractivity contribution >= 4 is 44.2 Å². The molecule has 1 amide bonds. The minimum absolute atomic E-state index is 0.0154. The Hall–Kier alpha value is -1.33. The highest BCUT2D eigenvalue weighted by atomic mass is 35.5. The van der Waals surface area contributed by atoms with Crippen LogP contribution >= 0.6 is 22.9 Å². The first kappa shape index (κ1) is 12.1. The highest BCUT2D eigenvalue weighted by Crippen LogP contribution is 2.28. The summed E-state index contributed by atoms with van der Waals surface area (Å²) >= 11 is 7.43. The Balaban J connectivity index is 2.02. The van der Waals surface area contributed by atoms with E-state index in [0.29, 0.717) is 18.0 Å². The first-order chi connectivity index (χ1) is 8.19. The van der Waals surface area contributed by atoms with Gasteiger partial charge in [-0.05, 0) is 18.2 Å². The summed E-state index contributed by atoms with van der Waals surface area (Å²) in [7, 11) is 1.63. The Morgan fingerprint density at radius 1 is 1.53 bits per heavy atom. The van der Waals surface area contributed by atoms with E-state index in [-0.39, 0.29) is 5.91 Å². The molecular formula is C11H12ClN3OS. The second kappa shape index (κ2) is 5.33. The molecule has 0 bridgehead atoms. The van der Waals surface area contributed by atoms with Gasteiger partial charge in [-0.3, -0.25) is 4.79 Å². The number of anilines is 1. The van der Waals surface area contributed by atoms with Gasteiger partial charge in [-0.1, -0.05) is 22.9 Å². The zero-order chi connectivity index (χ0) is 12.3. The third-order valence-corrected chi connectivity index (χ3v) is 3.47. The lowest BCUT2D eigenvalue weighted by Crippen LogP contribution is -2.20. The number of nitrogens with one attached hydrogen (secondary N) is 2. The average molecular weight is 270 g/mol. The first-order valence-electron chi connectivity index (χ1n) is 5.19. The van der Waals surface area contributed by atoms with E-state index < -0.39 is 0 Å². The molecule has 6 heteroatoms. The van der Waals surface area contributed by atoms with Crippen LogP contribution in [0.2, 0.25) is 5.02 Å². The molecular weight excluding hydrogens is 258 g/mol. The number of halogens is 1. The molecule has 4 nitrogen and oxygen atoms in total. The maximum atomic E-state index is 11.0. The van der Waals surface area contributed by atoms with E-state index in [2.05, 4.69) is 15.6 Å². The van der Waals surface area contributed by atoms with Crippen molar-refractivity contribution in [2.24, 2.45) is 0 Å². The van der Waals surface area contributed by atoms with Gasteiger partial charge in [0.25, 0.3) is 0 Å². The average Bonchev–Trinajstić information content (AvgIpc) is 2.70. The quantitative estimate of drug-likeness (QED) is 0.897. The molecule has 17 heavy (non-hydrogen) atoms. The molecule has 0 fully saturated rings. The Bertz CT molecular complexity index is 540. The van der Waals surface area contributed by atoms with Crippen LogP contribution in [0, 0.1) is 0 Å². The molecule has 2 N–H and O–H groups in total. The molecule has 1 heterocycles. The van der Waals surface area contributed by atoms with E-state index in [1.165, 1.54) is 11.3 Å².